The molecule has 2 N–H and O–H groups in total. The summed E-state index contributed by atoms with van der Waals surface area (Å²) in [6, 6.07) is 7.28. The van der Waals surface area contributed by atoms with Gasteiger partial charge in [0.2, 0.25) is 15.9 Å². The van der Waals surface area contributed by atoms with E-state index in [9.17, 15) is 18.0 Å². The van der Waals surface area contributed by atoms with Gasteiger partial charge < -0.3 is 14.6 Å². The second-order valence-corrected chi connectivity index (χ2v) is 8.12. The Morgan fingerprint density at radius 1 is 1.11 bits per heavy atom. The van der Waals surface area contributed by atoms with Crippen molar-refractivity contribution in [2.45, 2.75) is 32.6 Å². The van der Waals surface area contributed by atoms with E-state index in [4.69, 9.17) is 4.74 Å². The third-order valence-electron chi connectivity index (χ3n) is 4.27. The molecule has 1 aromatic heterocycles. The van der Waals surface area contributed by atoms with Crippen molar-refractivity contribution >= 4 is 27.6 Å². The number of carbonyl (C=O) groups excluding carboxylic acids is 2. The molecule has 9 heteroatoms. The van der Waals surface area contributed by atoms with Crippen molar-refractivity contribution in [3.05, 3.63) is 46.8 Å². The third kappa shape index (κ3) is 4.60. The second kappa shape index (κ2) is 8.57. The van der Waals surface area contributed by atoms with E-state index in [0.29, 0.717) is 17.1 Å². The summed E-state index contributed by atoms with van der Waals surface area (Å²) in [6.45, 7) is 6.38. The van der Waals surface area contributed by atoms with Crippen molar-refractivity contribution in [1.82, 2.24) is 9.71 Å². The van der Waals surface area contributed by atoms with Crippen LogP contribution in [0.5, 0.6) is 0 Å². The van der Waals surface area contributed by atoms with Crippen molar-refractivity contribution in [3.8, 4) is 0 Å². The number of amides is 1. The number of hydrogen-bond donors (Lipinski definition) is 2. The number of sulfonamides is 1. The van der Waals surface area contributed by atoms with Crippen LogP contribution in [0.25, 0.3) is 0 Å². The summed E-state index contributed by atoms with van der Waals surface area (Å²) in [5.74, 6) is -1.16. The van der Waals surface area contributed by atoms with Gasteiger partial charge in [-0.25, -0.2) is 17.9 Å². The number of carbonyl (C=O) groups is 2. The van der Waals surface area contributed by atoms with Gasteiger partial charge in [0.1, 0.15) is 10.5 Å². The molecule has 8 nitrogen and oxygen atoms in total. The molecule has 2 aromatic rings. The number of aryl methyl sites for hydroxylation is 3. The zero-order valence-electron chi connectivity index (χ0n) is 16.6. The van der Waals surface area contributed by atoms with Crippen LogP contribution in [0.4, 0.5) is 5.69 Å². The molecule has 1 aromatic carbocycles. The number of ether oxygens (including phenoxy) is 1. The maximum absolute atomic E-state index is 12.8. The SMILES string of the molecule is CCOC(=O)c1c(C)[nH]c(C)c1S(=O)(=O)NCC(=O)N(C)c1ccc(C)cc1. The van der Waals surface area contributed by atoms with E-state index in [2.05, 4.69) is 9.71 Å². The summed E-state index contributed by atoms with van der Waals surface area (Å²) < 4.78 is 32.8. The Morgan fingerprint density at radius 2 is 1.71 bits per heavy atom. The van der Waals surface area contributed by atoms with Gasteiger partial charge in [-0.05, 0) is 39.8 Å². The van der Waals surface area contributed by atoms with Crippen LogP contribution in [0.15, 0.2) is 29.2 Å². The average molecular weight is 407 g/mol. The number of nitrogens with zero attached hydrogens (tertiary/aromatic N) is 1. The van der Waals surface area contributed by atoms with Crippen LogP contribution in [0, 0.1) is 20.8 Å². The van der Waals surface area contributed by atoms with E-state index in [1.54, 1.807) is 40.0 Å². The van der Waals surface area contributed by atoms with Crippen LogP contribution < -0.4 is 9.62 Å². The summed E-state index contributed by atoms with van der Waals surface area (Å²) in [5.41, 5.74) is 2.34. The van der Waals surface area contributed by atoms with Gasteiger partial charge in [-0.1, -0.05) is 17.7 Å². The number of benzene rings is 1. The van der Waals surface area contributed by atoms with E-state index < -0.39 is 28.4 Å². The molecular weight excluding hydrogens is 382 g/mol. The van der Waals surface area contributed by atoms with Crippen molar-refractivity contribution < 1.29 is 22.7 Å². The fraction of sp³-hybridized carbons (Fsp3) is 0.368. The number of rotatable bonds is 7. The largest absolute Gasteiger partial charge is 0.462 e. The molecule has 0 saturated carbocycles. The molecule has 0 aliphatic heterocycles. The highest BCUT2D eigenvalue weighted by Crippen LogP contribution is 2.24. The van der Waals surface area contributed by atoms with Gasteiger partial charge in [-0.2, -0.15) is 0 Å². The number of aromatic nitrogens is 1. The normalized spacial score (nSPS) is 11.3. The number of aromatic amines is 1. The van der Waals surface area contributed by atoms with Gasteiger partial charge in [0.05, 0.1) is 13.2 Å². The molecule has 1 heterocycles. The van der Waals surface area contributed by atoms with E-state index in [1.165, 1.54) is 4.90 Å². The molecule has 0 atom stereocenters. The maximum Gasteiger partial charge on any atom is 0.341 e. The number of anilines is 1. The molecule has 0 aliphatic rings. The summed E-state index contributed by atoms with van der Waals surface area (Å²) in [6.07, 6.45) is 0. The molecule has 0 fully saturated rings. The zero-order valence-corrected chi connectivity index (χ0v) is 17.4. The minimum Gasteiger partial charge on any atom is -0.462 e. The molecule has 0 spiro atoms. The number of esters is 1. The minimum atomic E-state index is -4.11. The highest BCUT2D eigenvalue weighted by Gasteiger charge is 2.30. The molecule has 0 bridgehead atoms. The summed E-state index contributed by atoms with van der Waals surface area (Å²) in [7, 11) is -2.54. The Kier molecular flexibility index (Phi) is 6.63. The molecule has 0 unspecified atom stereocenters. The zero-order chi connectivity index (χ0) is 21.1. The molecule has 2 rings (SSSR count). The van der Waals surface area contributed by atoms with Crippen molar-refractivity contribution in [2.75, 3.05) is 25.1 Å². The lowest BCUT2D eigenvalue weighted by Gasteiger charge is -2.18. The monoisotopic (exact) mass is 407 g/mol. The molecule has 0 aliphatic carbocycles. The summed E-state index contributed by atoms with van der Waals surface area (Å²) in [5, 5.41) is 0. The minimum absolute atomic E-state index is 0.0498. The molecule has 1 amide bonds. The number of nitrogens with one attached hydrogen (secondary N) is 2. The standard InChI is InChI=1S/C19H25N3O5S/c1-6-27-19(24)17-13(3)21-14(4)18(17)28(25,26)20-11-16(23)22(5)15-9-7-12(2)8-10-15/h7-10,20-21H,6,11H2,1-5H3. The lowest BCUT2D eigenvalue weighted by atomic mass is 10.2. The smallest absolute Gasteiger partial charge is 0.341 e. The van der Waals surface area contributed by atoms with Gasteiger partial charge in [-0.15, -0.1) is 0 Å². The van der Waals surface area contributed by atoms with Crippen molar-refractivity contribution in [1.29, 1.82) is 0 Å². The van der Waals surface area contributed by atoms with Crippen LogP contribution in [-0.2, 0) is 19.6 Å². The fourth-order valence-electron chi connectivity index (χ4n) is 2.80. The van der Waals surface area contributed by atoms with Crippen LogP contribution in [0.1, 0.15) is 34.2 Å². The number of likely N-dealkylation sites (N-methyl/N-ethyl adjacent to an activating group) is 1. The highest BCUT2D eigenvalue weighted by atomic mass is 32.2. The van der Waals surface area contributed by atoms with Gasteiger partial charge >= 0.3 is 5.97 Å². The summed E-state index contributed by atoms with van der Waals surface area (Å²) in [4.78, 5) is 28.6. The van der Waals surface area contributed by atoms with E-state index in [-0.39, 0.29) is 17.1 Å². The first-order valence-corrected chi connectivity index (χ1v) is 10.3. The van der Waals surface area contributed by atoms with Gasteiger partial charge in [0.15, 0.2) is 0 Å². The first-order valence-electron chi connectivity index (χ1n) is 8.77. The van der Waals surface area contributed by atoms with Crippen LogP contribution >= 0.6 is 0 Å². The Bertz CT molecular complexity index is 978. The quantitative estimate of drug-likeness (QED) is 0.683. The van der Waals surface area contributed by atoms with E-state index >= 15 is 0 Å². The van der Waals surface area contributed by atoms with Gasteiger partial charge in [-0.3, -0.25) is 4.79 Å². The van der Waals surface area contributed by atoms with Crippen molar-refractivity contribution in [2.24, 2.45) is 0 Å². The lowest BCUT2D eigenvalue weighted by Crippen LogP contribution is -2.38. The second-order valence-electron chi connectivity index (χ2n) is 6.41. The van der Waals surface area contributed by atoms with Gasteiger partial charge in [0, 0.05) is 24.1 Å². The van der Waals surface area contributed by atoms with Crippen LogP contribution in [0.3, 0.4) is 0 Å². The predicted molar refractivity (Wildman–Crippen MR) is 106 cm³/mol. The number of hydrogen-bond acceptors (Lipinski definition) is 5. The van der Waals surface area contributed by atoms with E-state index in [1.807, 2.05) is 19.1 Å². The molecule has 0 saturated heterocycles. The highest BCUT2D eigenvalue weighted by molar-refractivity contribution is 7.89. The third-order valence-corrected chi connectivity index (χ3v) is 5.85. The fourth-order valence-corrected chi connectivity index (χ4v) is 4.22. The molecule has 28 heavy (non-hydrogen) atoms. The predicted octanol–water partition coefficient (Wildman–Crippen LogP) is 2.06. The average Bonchev–Trinajstić information content (AvgIpc) is 2.95. The Hall–Kier alpha value is -2.65. The van der Waals surface area contributed by atoms with E-state index in [0.717, 1.165) is 5.56 Å². The molecule has 0 radical (unpaired) electrons. The maximum atomic E-state index is 12.8. The molecular formula is C19H25N3O5S. The van der Waals surface area contributed by atoms with Crippen molar-refractivity contribution in [3.63, 3.8) is 0 Å². The van der Waals surface area contributed by atoms with Crippen LogP contribution in [-0.4, -0.2) is 45.5 Å². The first kappa shape index (κ1) is 21.6. The number of H-pyrrole nitrogens is 1. The lowest BCUT2D eigenvalue weighted by molar-refractivity contribution is -0.117. The van der Waals surface area contributed by atoms with Crippen LogP contribution in [0.2, 0.25) is 0 Å². The Balaban J connectivity index is 2.21. The topological polar surface area (TPSA) is 109 Å². The van der Waals surface area contributed by atoms with Gasteiger partial charge in [0.25, 0.3) is 0 Å². The first-order chi connectivity index (χ1) is 13.1. The summed E-state index contributed by atoms with van der Waals surface area (Å²) >= 11 is 0. The Labute approximate surface area is 164 Å². The Morgan fingerprint density at radius 3 is 2.29 bits per heavy atom. The molecule has 152 valence electrons.